The summed E-state index contributed by atoms with van der Waals surface area (Å²) in [4.78, 5) is 19.0. The highest BCUT2D eigenvalue weighted by atomic mass is 32.1. The number of aromatic nitrogens is 4. The van der Waals surface area contributed by atoms with Gasteiger partial charge in [-0.25, -0.2) is 4.98 Å². The molecule has 11 heteroatoms. The Morgan fingerprint density at radius 2 is 1.50 bits per heavy atom. The number of phenolic OH excluding ortho intramolecular Hbond substituents is 1. The molecule has 0 saturated carbocycles. The van der Waals surface area contributed by atoms with Crippen LogP contribution in [0.5, 0.6) is 5.75 Å². The van der Waals surface area contributed by atoms with Crippen molar-refractivity contribution in [3.63, 3.8) is 0 Å². The van der Waals surface area contributed by atoms with Gasteiger partial charge in [-0.05, 0) is 123 Å². The number of anilines is 2. The van der Waals surface area contributed by atoms with Crippen LogP contribution in [0.2, 0.25) is 0 Å². The lowest BCUT2D eigenvalue weighted by molar-refractivity contribution is 0.201. The highest BCUT2D eigenvalue weighted by molar-refractivity contribution is 7.15. The molecule has 326 valence electrons. The van der Waals surface area contributed by atoms with Crippen LogP contribution in [0.15, 0.2) is 119 Å². The van der Waals surface area contributed by atoms with Gasteiger partial charge in [-0.1, -0.05) is 60.7 Å². The van der Waals surface area contributed by atoms with Crippen LogP contribution < -0.4 is 9.80 Å². The molecule has 2 saturated heterocycles. The average Bonchev–Trinajstić information content (AvgIpc) is 4.04. The summed E-state index contributed by atoms with van der Waals surface area (Å²) in [5.74, 6) is 4.10. The molecule has 0 amide bonds. The van der Waals surface area contributed by atoms with E-state index in [-0.39, 0.29) is 12.0 Å². The van der Waals surface area contributed by atoms with Crippen LogP contribution in [0.25, 0.3) is 5.00 Å². The number of rotatable bonds is 9. The van der Waals surface area contributed by atoms with Crippen molar-refractivity contribution in [1.82, 2.24) is 24.6 Å². The molecular weight excluding hydrogens is 813 g/mol. The van der Waals surface area contributed by atoms with Crippen molar-refractivity contribution in [3.05, 3.63) is 171 Å². The molecule has 0 radical (unpaired) electrons. The summed E-state index contributed by atoms with van der Waals surface area (Å²) in [5, 5.41) is 20.5. The number of oxazole rings is 1. The summed E-state index contributed by atoms with van der Waals surface area (Å²) in [5.41, 5.74) is 12.5. The van der Waals surface area contributed by atoms with Crippen molar-refractivity contribution >= 4 is 28.4 Å². The number of aryl methyl sites for hydroxylation is 3. The lowest BCUT2D eigenvalue weighted by Crippen LogP contribution is -2.49. The Balaban J connectivity index is 0.717. The minimum Gasteiger partial charge on any atom is -0.508 e. The minimum absolute atomic E-state index is 0.274. The number of piperidine rings is 1. The van der Waals surface area contributed by atoms with Gasteiger partial charge in [-0.3, -0.25) is 14.5 Å². The molecule has 3 atom stereocenters. The number of hydrogen-bond donors (Lipinski definition) is 1. The molecule has 6 heterocycles. The van der Waals surface area contributed by atoms with Crippen molar-refractivity contribution in [2.45, 2.75) is 70.8 Å². The predicted octanol–water partition coefficient (Wildman–Crippen LogP) is 9.98. The lowest BCUT2D eigenvalue weighted by atomic mass is 9.69. The van der Waals surface area contributed by atoms with Crippen LogP contribution in [0, 0.1) is 26.7 Å². The molecule has 2 fully saturated rings. The molecule has 1 N–H and O–H groups in total. The zero-order chi connectivity index (χ0) is 43.3. The first kappa shape index (κ1) is 40.7. The Labute approximate surface area is 379 Å². The van der Waals surface area contributed by atoms with Crippen LogP contribution in [0.3, 0.4) is 0 Å². The van der Waals surface area contributed by atoms with E-state index in [0.29, 0.717) is 24.0 Å². The molecule has 11 rings (SSSR count). The highest BCUT2D eigenvalue weighted by Gasteiger charge is 2.34. The SMILES string of the molecule is Cc1sc2c(c1C)C(c1ccc(N3CCN(CC4CCN(c5ccc(C6c7ccc(O)cc7CCC6c6ccccc6)cc5)CC4)CC3)cc1)=NC(Cc1ncco1)c1nnc(C)n1-2. The number of aliphatic imine (C=N–C) groups is 1. The summed E-state index contributed by atoms with van der Waals surface area (Å²) in [7, 11) is 0. The number of nitrogens with zero attached hydrogens (tertiary/aromatic N) is 8. The summed E-state index contributed by atoms with van der Waals surface area (Å²) >= 11 is 1.78. The molecule has 7 aromatic rings. The van der Waals surface area contributed by atoms with E-state index in [1.165, 1.54) is 63.5 Å². The highest BCUT2D eigenvalue weighted by Crippen LogP contribution is 2.47. The molecular formula is C53H56N8O2S. The molecule has 3 aromatic heterocycles. The Bertz CT molecular complexity index is 2760. The summed E-state index contributed by atoms with van der Waals surface area (Å²) in [6.07, 6.45) is 8.34. The van der Waals surface area contributed by atoms with Crippen molar-refractivity contribution in [2.24, 2.45) is 10.9 Å². The molecule has 0 spiro atoms. The largest absolute Gasteiger partial charge is 0.508 e. The number of benzene rings is 4. The Morgan fingerprint density at radius 3 is 2.23 bits per heavy atom. The van der Waals surface area contributed by atoms with Gasteiger partial charge in [0.2, 0.25) is 0 Å². The van der Waals surface area contributed by atoms with Gasteiger partial charge in [0.25, 0.3) is 0 Å². The smallest absolute Gasteiger partial charge is 0.196 e. The van der Waals surface area contributed by atoms with E-state index in [0.717, 1.165) is 91.5 Å². The molecule has 3 aliphatic heterocycles. The molecule has 4 aromatic carbocycles. The summed E-state index contributed by atoms with van der Waals surface area (Å²) in [6, 6.07) is 35.2. The second-order valence-corrected chi connectivity index (χ2v) is 19.5. The first-order valence-corrected chi connectivity index (χ1v) is 23.9. The van der Waals surface area contributed by atoms with Crippen molar-refractivity contribution in [2.75, 3.05) is 55.6 Å². The van der Waals surface area contributed by atoms with Gasteiger partial charge in [0.1, 0.15) is 28.9 Å². The third-order valence-electron chi connectivity index (χ3n) is 14.5. The average molecular weight is 869 g/mol. The fraction of sp³-hybridized carbons (Fsp3) is 0.358. The Hall–Kier alpha value is -6.04. The number of phenols is 1. The van der Waals surface area contributed by atoms with Gasteiger partial charge in [0, 0.05) is 79.1 Å². The van der Waals surface area contributed by atoms with Gasteiger partial charge in [-0.2, -0.15) is 0 Å². The maximum atomic E-state index is 10.3. The third kappa shape index (κ3) is 7.72. The van der Waals surface area contributed by atoms with E-state index in [2.05, 4.69) is 133 Å². The van der Waals surface area contributed by atoms with Gasteiger partial charge in [0.05, 0.1) is 18.3 Å². The number of aromatic hydroxyl groups is 1. The van der Waals surface area contributed by atoms with Crippen molar-refractivity contribution in [1.29, 1.82) is 0 Å². The van der Waals surface area contributed by atoms with E-state index in [4.69, 9.17) is 9.41 Å². The van der Waals surface area contributed by atoms with E-state index in [1.807, 2.05) is 19.1 Å². The fourth-order valence-electron chi connectivity index (χ4n) is 11.0. The number of hydrogen-bond acceptors (Lipinski definition) is 10. The quantitative estimate of drug-likeness (QED) is 0.153. The zero-order valence-corrected chi connectivity index (χ0v) is 37.8. The van der Waals surface area contributed by atoms with Crippen LogP contribution in [-0.4, -0.2) is 81.3 Å². The standard InChI is InChI=1S/C53H56N8O2S/c1-34-35(2)64-53-49(34)51(55-47(32-48-54-23-30-63-48)52-57-56-36(3)61(52)53)40-11-16-43(17-12-40)60-28-26-58(27-29-60)33-37-21-24-59(25-22-37)42-14-9-39(10-15-42)50-45(38-7-5-4-6-8-38)19-13-41-31-44(62)18-20-46(41)50/h4-12,14-18,20,23,30-31,37,45,47,50,62H,13,19,21-22,24-29,32-33H2,1-3H3. The zero-order valence-electron chi connectivity index (χ0n) is 37.0. The van der Waals surface area contributed by atoms with Crippen LogP contribution in [-0.2, 0) is 12.8 Å². The van der Waals surface area contributed by atoms with Crippen molar-refractivity contribution < 1.29 is 9.52 Å². The second kappa shape index (κ2) is 17.2. The normalized spacial score (nSPS) is 20.4. The fourth-order valence-corrected chi connectivity index (χ4v) is 12.2. The molecule has 64 heavy (non-hydrogen) atoms. The van der Waals surface area contributed by atoms with E-state index < -0.39 is 0 Å². The van der Waals surface area contributed by atoms with E-state index in [1.54, 1.807) is 23.8 Å². The maximum absolute atomic E-state index is 10.3. The number of piperazine rings is 1. The second-order valence-electron chi connectivity index (χ2n) is 18.3. The predicted molar refractivity (Wildman–Crippen MR) is 256 cm³/mol. The molecule has 10 nitrogen and oxygen atoms in total. The monoisotopic (exact) mass is 868 g/mol. The molecule has 1 aliphatic carbocycles. The maximum Gasteiger partial charge on any atom is 0.196 e. The van der Waals surface area contributed by atoms with Crippen LogP contribution in [0.4, 0.5) is 11.4 Å². The van der Waals surface area contributed by atoms with Crippen molar-refractivity contribution in [3.8, 4) is 10.8 Å². The third-order valence-corrected chi connectivity index (χ3v) is 15.7. The van der Waals surface area contributed by atoms with Gasteiger partial charge in [-0.15, -0.1) is 21.5 Å². The van der Waals surface area contributed by atoms with E-state index >= 15 is 0 Å². The molecule has 3 unspecified atom stereocenters. The summed E-state index contributed by atoms with van der Waals surface area (Å²) < 4.78 is 7.87. The first-order valence-electron chi connectivity index (χ1n) is 23.1. The lowest BCUT2D eigenvalue weighted by Gasteiger charge is -2.40. The first-order chi connectivity index (χ1) is 31.3. The Kier molecular flexibility index (Phi) is 10.9. The van der Waals surface area contributed by atoms with E-state index in [9.17, 15) is 5.11 Å². The minimum atomic E-state index is -0.280. The van der Waals surface area contributed by atoms with Crippen LogP contribution >= 0.6 is 11.3 Å². The Morgan fingerprint density at radius 1 is 0.766 bits per heavy atom. The number of thiophene rings is 1. The van der Waals surface area contributed by atoms with Gasteiger partial charge >= 0.3 is 0 Å². The van der Waals surface area contributed by atoms with Gasteiger partial charge in [0.15, 0.2) is 11.7 Å². The molecule has 0 bridgehead atoms. The molecule has 4 aliphatic rings. The van der Waals surface area contributed by atoms with Crippen LogP contribution in [0.1, 0.15) is 98.5 Å². The van der Waals surface area contributed by atoms with Gasteiger partial charge < -0.3 is 19.3 Å². The summed E-state index contributed by atoms with van der Waals surface area (Å²) in [6.45, 7) is 14.0. The topological polar surface area (TPSA) is 99.1 Å². The number of fused-ring (bicyclic) bond motifs is 4.